The second kappa shape index (κ2) is 4.39. The monoisotopic (exact) mass is 245 g/mol. The number of hydrogen-bond donors (Lipinski definition) is 1. The van der Waals surface area contributed by atoms with E-state index in [9.17, 15) is 0 Å². The van der Waals surface area contributed by atoms with Crippen LogP contribution >= 0.6 is 0 Å². The predicted molar refractivity (Wildman–Crippen MR) is 76.8 cm³/mol. The standard InChI is InChI=1S/C15H23N3/c1-10(2)14-17-12-7-6-11(9-15(3,4)16)8-13(12)18(14)5/h6-8,10H,9,16H2,1-5H3. The van der Waals surface area contributed by atoms with Gasteiger partial charge in [0.25, 0.3) is 0 Å². The highest BCUT2D eigenvalue weighted by molar-refractivity contribution is 5.77. The molecule has 0 fully saturated rings. The van der Waals surface area contributed by atoms with E-state index in [2.05, 4.69) is 62.5 Å². The summed E-state index contributed by atoms with van der Waals surface area (Å²) in [5.41, 5.74) is 9.44. The van der Waals surface area contributed by atoms with Gasteiger partial charge >= 0.3 is 0 Å². The van der Waals surface area contributed by atoms with Crippen molar-refractivity contribution in [3.05, 3.63) is 29.6 Å². The van der Waals surface area contributed by atoms with E-state index in [0.717, 1.165) is 17.8 Å². The van der Waals surface area contributed by atoms with Crippen molar-refractivity contribution in [2.24, 2.45) is 12.8 Å². The zero-order valence-corrected chi connectivity index (χ0v) is 12.0. The minimum Gasteiger partial charge on any atom is -0.331 e. The topological polar surface area (TPSA) is 43.8 Å². The summed E-state index contributed by atoms with van der Waals surface area (Å²) in [5.74, 6) is 1.57. The average molecular weight is 245 g/mol. The summed E-state index contributed by atoms with van der Waals surface area (Å²) in [7, 11) is 2.09. The SMILES string of the molecule is CC(C)c1nc2ccc(CC(C)(C)N)cc2n1C. The number of fused-ring (bicyclic) bond motifs is 1. The van der Waals surface area contributed by atoms with E-state index in [1.54, 1.807) is 0 Å². The van der Waals surface area contributed by atoms with Gasteiger partial charge in [0.1, 0.15) is 5.82 Å². The molecule has 0 saturated heterocycles. The number of nitrogens with two attached hydrogens (primary N) is 1. The highest BCUT2D eigenvalue weighted by Crippen LogP contribution is 2.22. The third-order valence-electron chi connectivity index (χ3n) is 3.16. The van der Waals surface area contributed by atoms with E-state index >= 15 is 0 Å². The number of benzene rings is 1. The van der Waals surface area contributed by atoms with Crippen molar-refractivity contribution in [3.63, 3.8) is 0 Å². The molecule has 0 radical (unpaired) electrons. The maximum atomic E-state index is 6.08. The van der Waals surface area contributed by atoms with Gasteiger partial charge in [-0.25, -0.2) is 4.98 Å². The molecule has 0 aliphatic rings. The summed E-state index contributed by atoms with van der Waals surface area (Å²) < 4.78 is 2.19. The second-order valence-corrected chi connectivity index (χ2v) is 6.17. The van der Waals surface area contributed by atoms with Crippen LogP contribution < -0.4 is 5.73 Å². The number of rotatable bonds is 3. The zero-order valence-electron chi connectivity index (χ0n) is 12.0. The molecule has 2 N–H and O–H groups in total. The van der Waals surface area contributed by atoms with Crippen molar-refractivity contribution in [2.75, 3.05) is 0 Å². The van der Waals surface area contributed by atoms with E-state index in [0.29, 0.717) is 5.92 Å². The van der Waals surface area contributed by atoms with Crippen LogP contribution in [0.5, 0.6) is 0 Å². The van der Waals surface area contributed by atoms with Gasteiger partial charge in [-0.05, 0) is 38.0 Å². The normalized spacial score (nSPS) is 12.6. The van der Waals surface area contributed by atoms with Crippen LogP contribution in [-0.2, 0) is 13.5 Å². The number of aromatic nitrogens is 2. The molecule has 18 heavy (non-hydrogen) atoms. The molecule has 0 unspecified atom stereocenters. The fourth-order valence-corrected chi connectivity index (χ4v) is 2.41. The van der Waals surface area contributed by atoms with Crippen molar-refractivity contribution in [1.82, 2.24) is 9.55 Å². The molecule has 2 rings (SSSR count). The minimum absolute atomic E-state index is 0.173. The minimum atomic E-state index is -0.173. The molecule has 3 heteroatoms. The molecular weight excluding hydrogens is 222 g/mol. The first-order valence-corrected chi connectivity index (χ1v) is 6.52. The van der Waals surface area contributed by atoms with Gasteiger partial charge in [0.05, 0.1) is 11.0 Å². The Labute approximate surface area is 109 Å². The van der Waals surface area contributed by atoms with E-state index in [4.69, 9.17) is 5.73 Å². The molecule has 1 aromatic carbocycles. The molecule has 2 aromatic rings. The third kappa shape index (κ3) is 2.56. The van der Waals surface area contributed by atoms with Gasteiger partial charge in [-0.15, -0.1) is 0 Å². The fraction of sp³-hybridized carbons (Fsp3) is 0.533. The highest BCUT2D eigenvalue weighted by Gasteiger charge is 2.14. The third-order valence-corrected chi connectivity index (χ3v) is 3.16. The summed E-state index contributed by atoms with van der Waals surface area (Å²) in [6.07, 6.45) is 0.880. The summed E-state index contributed by atoms with van der Waals surface area (Å²) in [6, 6.07) is 6.44. The second-order valence-electron chi connectivity index (χ2n) is 6.17. The Bertz CT molecular complexity index is 559. The van der Waals surface area contributed by atoms with Crippen LogP contribution in [0.4, 0.5) is 0 Å². The molecule has 0 saturated carbocycles. The van der Waals surface area contributed by atoms with Crippen LogP contribution in [0.1, 0.15) is 45.0 Å². The van der Waals surface area contributed by atoms with Crippen LogP contribution in [0.25, 0.3) is 11.0 Å². The molecule has 3 nitrogen and oxygen atoms in total. The molecule has 0 aliphatic heterocycles. The van der Waals surface area contributed by atoms with E-state index in [-0.39, 0.29) is 5.54 Å². The van der Waals surface area contributed by atoms with Crippen LogP contribution in [-0.4, -0.2) is 15.1 Å². The molecule has 98 valence electrons. The number of hydrogen-bond acceptors (Lipinski definition) is 2. The lowest BCUT2D eigenvalue weighted by atomic mass is 9.96. The van der Waals surface area contributed by atoms with E-state index < -0.39 is 0 Å². The zero-order chi connectivity index (χ0) is 13.5. The highest BCUT2D eigenvalue weighted by atomic mass is 15.1. The fourth-order valence-electron chi connectivity index (χ4n) is 2.41. The molecule has 1 heterocycles. The quantitative estimate of drug-likeness (QED) is 0.903. The number of imidazole rings is 1. The first-order valence-electron chi connectivity index (χ1n) is 6.52. The summed E-state index contributed by atoms with van der Waals surface area (Å²) in [4.78, 5) is 4.68. The molecular formula is C15H23N3. The number of nitrogens with zero attached hydrogens (tertiary/aromatic N) is 2. The van der Waals surface area contributed by atoms with Crippen LogP contribution in [0, 0.1) is 0 Å². The lowest BCUT2D eigenvalue weighted by molar-refractivity contribution is 0.517. The predicted octanol–water partition coefficient (Wildman–Crippen LogP) is 2.98. The van der Waals surface area contributed by atoms with E-state index in [1.165, 1.54) is 11.1 Å². The summed E-state index contributed by atoms with van der Waals surface area (Å²) in [6.45, 7) is 8.45. The Morgan fingerprint density at radius 1 is 1.33 bits per heavy atom. The largest absolute Gasteiger partial charge is 0.331 e. The Morgan fingerprint density at radius 3 is 2.56 bits per heavy atom. The van der Waals surface area contributed by atoms with Gasteiger partial charge in [0.15, 0.2) is 0 Å². The smallest absolute Gasteiger partial charge is 0.112 e. The van der Waals surface area contributed by atoms with Crippen molar-refractivity contribution in [3.8, 4) is 0 Å². The maximum absolute atomic E-state index is 6.08. The van der Waals surface area contributed by atoms with Gasteiger partial charge in [-0.2, -0.15) is 0 Å². The molecule has 0 spiro atoms. The Kier molecular flexibility index (Phi) is 3.20. The maximum Gasteiger partial charge on any atom is 0.112 e. The van der Waals surface area contributed by atoms with Crippen molar-refractivity contribution in [2.45, 2.75) is 45.6 Å². The average Bonchev–Trinajstić information content (AvgIpc) is 2.54. The van der Waals surface area contributed by atoms with Gasteiger partial charge in [0, 0.05) is 18.5 Å². The summed E-state index contributed by atoms with van der Waals surface area (Å²) in [5, 5.41) is 0. The first kappa shape index (κ1) is 13.1. The van der Waals surface area contributed by atoms with Crippen molar-refractivity contribution >= 4 is 11.0 Å². The van der Waals surface area contributed by atoms with Crippen molar-refractivity contribution < 1.29 is 0 Å². The van der Waals surface area contributed by atoms with Crippen LogP contribution in [0.3, 0.4) is 0 Å². The lowest BCUT2D eigenvalue weighted by Gasteiger charge is -2.18. The van der Waals surface area contributed by atoms with Gasteiger partial charge in [0.2, 0.25) is 0 Å². The summed E-state index contributed by atoms with van der Waals surface area (Å²) >= 11 is 0. The van der Waals surface area contributed by atoms with Crippen molar-refractivity contribution in [1.29, 1.82) is 0 Å². The molecule has 0 aliphatic carbocycles. The van der Waals surface area contributed by atoms with Gasteiger partial charge in [-0.3, -0.25) is 0 Å². The van der Waals surface area contributed by atoms with Crippen LogP contribution in [0.15, 0.2) is 18.2 Å². The molecule has 0 amide bonds. The molecule has 0 atom stereocenters. The molecule has 1 aromatic heterocycles. The Hall–Kier alpha value is -1.35. The Morgan fingerprint density at radius 2 is 2.00 bits per heavy atom. The molecule has 0 bridgehead atoms. The van der Waals surface area contributed by atoms with Gasteiger partial charge in [-0.1, -0.05) is 19.9 Å². The van der Waals surface area contributed by atoms with Gasteiger partial charge < -0.3 is 10.3 Å². The first-order chi connectivity index (χ1) is 8.28. The Balaban J connectivity index is 2.48. The van der Waals surface area contributed by atoms with E-state index in [1.807, 2.05) is 0 Å². The van der Waals surface area contributed by atoms with Crippen LogP contribution in [0.2, 0.25) is 0 Å². The lowest BCUT2D eigenvalue weighted by Crippen LogP contribution is -2.34. The number of aryl methyl sites for hydroxylation is 1.